The molecular formula is C21H12Cl2F5N3O2S. The van der Waals surface area contributed by atoms with Gasteiger partial charge in [-0.2, -0.15) is 13.2 Å². The lowest BCUT2D eigenvalue weighted by Gasteiger charge is -2.16. The van der Waals surface area contributed by atoms with Crippen molar-refractivity contribution < 1.29 is 31.5 Å². The summed E-state index contributed by atoms with van der Waals surface area (Å²) < 4.78 is 65.2. The highest BCUT2D eigenvalue weighted by molar-refractivity contribution is 8.00. The van der Waals surface area contributed by atoms with Crippen molar-refractivity contribution in [2.75, 3.05) is 9.74 Å². The van der Waals surface area contributed by atoms with Gasteiger partial charge in [0.15, 0.2) is 0 Å². The Morgan fingerprint density at radius 2 is 1.56 bits per heavy atom. The van der Waals surface area contributed by atoms with Crippen LogP contribution in [-0.2, 0) is 0 Å². The number of nitrogens with one attached hydrogen (secondary N) is 2. The fraction of sp³-hybridized carbons (Fsp3) is 0.0476. The highest BCUT2D eigenvalue weighted by Crippen LogP contribution is 2.37. The van der Waals surface area contributed by atoms with Gasteiger partial charge in [-0.05, 0) is 66.4 Å². The molecule has 0 spiro atoms. The van der Waals surface area contributed by atoms with Crippen LogP contribution in [0.3, 0.4) is 0 Å². The molecule has 0 heterocycles. The van der Waals surface area contributed by atoms with Crippen LogP contribution in [0.5, 0.6) is 0 Å². The number of urea groups is 1. The van der Waals surface area contributed by atoms with E-state index in [9.17, 15) is 31.5 Å². The quantitative estimate of drug-likeness (QED) is 0.202. The van der Waals surface area contributed by atoms with Gasteiger partial charge in [0.1, 0.15) is 17.2 Å². The van der Waals surface area contributed by atoms with Gasteiger partial charge in [0.2, 0.25) is 0 Å². The minimum Gasteiger partial charge on any atom is -0.354 e. The van der Waals surface area contributed by atoms with E-state index in [0.717, 1.165) is 18.2 Å². The molecule has 0 aliphatic rings. The maximum atomic E-state index is 13.7. The number of thioether (sulfide) groups is 1. The van der Waals surface area contributed by atoms with Gasteiger partial charge in [-0.15, -0.1) is 0 Å². The molecule has 0 aromatic heterocycles. The lowest BCUT2D eigenvalue weighted by molar-refractivity contribution is -0.0328. The molecule has 0 radical (unpaired) electrons. The number of carbonyl (C=O) groups excluding carboxylic acids is 2. The first-order valence-electron chi connectivity index (χ1n) is 9.12. The molecule has 178 valence electrons. The number of anilines is 3. The Balaban J connectivity index is 1.68. The Bertz CT molecular complexity index is 1210. The first kappa shape index (κ1) is 25.6. The fourth-order valence-corrected chi connectivity index (χ4v) is 3.57. The number of nitrogens with zero attached hydrogens (tertiary/aromatic N) is 1. The highest BCUT2D eigenvalue weighted by Gasteiger charge is 2.29. The number of alkyl halides is 3. The van der Waals surface area contributed by atoms with E-state index < -0.39 is 34.6 Å². The number of halogens is 7. The van der Waals surface area contributed by atoms with E-state index in [1.807, 2.05) is 0 Å². The minimum atomic E-state index is -4.40. The van der Waals surface area contributed by atoms with Crippen molar-refractivity contribution in [1.82, 2.24) is 5.32 Å². The molecule has 0 bridgehead atoms. The number of imide groups is 1. The van der Waals surface area contributed by atoms with Crippen LogP contribution in [0.25, 0.3) is 0 Å². The van der Waals surface area contributed by atoms with Gasteiger partial charge in [-0.25, -0.2) is 18.0 Å². The Morgan fingerprint density at radius 1 is 0.941 bits per heavy atom. The Hall–Kier alpha value is -3.02. The van der Waals surface area contributed by atoms with Crippen LogP contribution in [0.1, 0.15) is 10.4 Å². The minimum absolute atomic E-state index is 0.00750. The third kappa shape index (κ3) is 6.52. The summed E-state index contributed by atoms with van der Waals surface area (Å²) in [7, 11) is 0. The smallest absolute Gasteiger partial charge is 0.354 e. The molecule has 0 saturated carbocycles. The second-order valence-electron chi connectivity index (χ2n) is 6.50. The van der Waals surface area contributed by atoms with Crippen LogP contribution in [0.15, 0.2) is 65.6 Å². The molecule has 3 aromatic rings. The lowest BCUT2D eigenvalue weighted by Crippen LogP contribution is -2.39. The first-order valence-corrected chi connectivity index (χ1v) is 10.7. The molecule has 5 nitrogen and oxygen atoms in total. The molecule has 3 aromatic carbocycles. The second kappa shape index (κ2) is 10.5. The number of hydrogen-bond donors (Lipinski definition) is 2. The fourth-order valence-electron chi connectivity index (χ4n) is 2.66. The Morgan fingerprint density at radius 3 is 2.12 bits per heavy atom. The SMILES string of the molecule is O=C(NC(=O)N(Cl)c1ccc(Nc2ccc(SC(F)(F)F)cc2)c(Cl)c1)c1c(F)cccc1F. The standard InChI is InChI=1S/C21H12Cl2F5N3O2S/c22-14-10-12(31(23)20(33)30-19(32)18-15(24)2-1-3-16(18)25)6-9-17(14)29-11-4-7-13(8-5-11)34-21(26,27)28/h1-10,29H,(H,30,32,33). The summed E-state index contributed by atoms with van der Waals surface area (Å²) in [5.41, 5.74) is -4.54. The Kier molecular flexibility index (Phi) is 7.90. The molecule has 3 amide bonds. The monoisotopic (exact) mass is 535 g/mol. The van der Waals surface area contributed by atoms with Crippen molar-refractivity contribution >= 4 is 64.1 Å². The number of rotatable bonds is 5. The first-order chi connectivity index (χ1) is 15.9. The van der Waals surface area contributed by atoms with E-state index in [4.69, 9.17) is 23.4 Å². The molecule has 0 saturated heterocycles. The largest absolute Gasteiger partial charge is 0.446 e. The molecule has 34 heavy (non-hydrogen) atoms. The van der Waals surface area contributed by atoms with Crippen molar-refractivity contribution in [1.29, 1.82) is 0 Å². The normalized spacial score (nSPS) is 11.1. The van der Waals surface area contributed by atoms with E-state index in [1.165, 1.54) is 42.5 Å². The van der Waals surface area contributed by atoms with Crippen molar-refractivity contribution in [3.63, 3.8) is 0 Å². The molecule has 2 N–H and O–H groups in total. The zero-order valence-corrected chi connectivity index (χ0v) is 18.9. The van der Waals surface area contributed by atoms with Gasteiger partial charge < -0.3 is 5.32 Å². The second-order valence-corrected chi connectivity index (χ2v) is 8.38. The topological polar surface area (TPSA) is 61.4 Å². The average Bonchev–Trinajstić information content (AvgIpc) is 2.74. The van der Waals surface area contributed by atoms with Gasteiger partial charge in [-0.3, -0.25) is 10.1 Å². The van der Waals surface area contributed by atoms with Crippen LogP contribution in [-0.4, -0.2) is 17.4 Å². The summed E-state index contributed by atoms with van der Waals surface area (Å²) in [6.07, 6.45) is 0. The maximum absolute atomic E-state index is 13.7. The van der Waals surface area contributed by atoms with Crippen LogP contribution in [0, 0.1) is 11.6 Å². The molecule has 0 fully saturated rings. The Labute approximate surface area is 203 Å². The number of carbonyl (C=O) groups is 2. The zero-order chi connectivity index (χ0) is 25.0. The molecule has 0 unspecified atom stereocenters. The summed E-state index contributed by atoms with van der Waals surface area (Å²) in [5.74, 6) is -3.65. The van der Waals surface area contributed by atoms with Crippen molar-refractivity contribution in [3.05, 3.63) is 82.9 Å². The van der Waals surface area contributed by atoms with Gasteiger partial charge in [0.25, 0.3) is 5.91 Å². The molecular weight excluding hydrogens is 524 g/mol. The highest BCUT2D eigenvalue weighted by atomic mass is 35.5. The van der Waals surface area contributed by atoms with Crippen molar-refractivity contribution in [2.45, 2.75) is 10.4 Å². The van der Waals surface area contributed by atoms with Crippen molar-refractivity contribution in [3.8, 4) is 0 Å². The zero-order valence-electron chi connectivity index (χ0n) is 16.6. The van der Waals surface area contributed by atoms with Gasteiger partial charge in [0, 0.05) is 22.4 Å². The molecule has 0 aliphatic heterocycles. The molecule has 13 heteroatoms. The molecule has 0 aliphatic carbocycles. The van der Waals surface area contributed by atoms with Crippen LogP contribution in [0.4, 0.5) is 43.8 Å². The third-order valence-corrected chi connectivity index (χ3v) is 5.54. The third-order valence-electron chi connectivity index (χ3n) is 4.13. The van der Waals surface area contributed by atoms with E-state index in [-0.39, 0.29) is 27.4 Å². The summed E-state index contributed by atoms with van der Waals surface area (Å²) >= 11 is 11.9. The van der Waals surface area contributed by atoms with Gasteiger partial charge in [0.05, 0.1) is 16.4 Å². The molecule has 3 rings (SSSR count). The maximum Gasteiger partial charge on any atom is 0.446 e. The predicted octanol–water partition coefficient (Wildman–Crippen LogP) is 7.48. The van der Waals surface area contributed by atoms with Gasteiger partial charge in [-0.1, -0.05) is 17.7 Å². The van der Waals surface area contributed by atoms with Gasteiger partial charge >= 0.3 is 11.5 Å². The van der Waals surface area contributed by atoms with E-state index in [2.05, 4.69) is 5.32 Å². The summed E-state index contributed by atoms with van der Waals surface area (Å²) in [6, 6.07) is 11.0. The summed E-state index contributed by atoms with van der Waals surface area (Å²) in [4.78, 5) is 24.3. The molecule has 0 atom stereocenters. The predicted molar refractivity (Wildman–Crippen MR) is 121 cm³/mol. The number of benzene rings is 3. The van der Waals surface area contributed by atoms with Crippen LogP contribution in [0.2, 0.25) is 5.02 Å². The van der Waals surface area contributed by atoms with Crippen LogP contribution < -0.4 is 15.1 Å². The summed E-state index contributed by atoms with van der Waals surface area (Å²) in [6.45, 7) is 0. The number of hydrogen-bond acceptors (Lipinski definition) is 4. The van der Waals surface area contributed by atoms with Crippen LogP contribution >= 0.6 is 35.1 Å². The van der Waals surface area contributed by atoms with E-state index in [1.54, 1.807) is 5.32 Å². The lowest BCUT2D eigenvalue weighted by atomic mass is 10.2. The van der Waals surface area contributed by atoms with E-state index in [0.29, 0.717) is 15.8 Å². The average molecular weight is 536 g/mol. The van der Waals surface area contributed by atoms with E-state index >= 15 is 0 Å². The van der Waals surface area contributed by atoms with Crippen molar-refractivity contribution in [2.24, 2.45) is 0 Å². The number of amides is 3. The summed E-state index contributed by atoms with van der Waals surface area (Å²) in [5, 5.41) is 4.75.